The first-order valence-corrected chi connectivity index (χ1v) is 6.78. The van der Waals surface area contributed by atoms with Crippen LogP contribution in [0.2, 0.25) is 10.0 Å². The van der Waals surface area contributed by atoms with Crippen molar-refractivity contribution in [1.82, 2.24) is 4.90 Å². The molecule has 1 fully saturated rings. The van der Waals surface area contributed by atoms with Crippen LogP contribution in [0, 0.1) is 5.92 Å². The maximum atomic E-state index is 12.3. The largest absolute Gasteiger partial charge is 0.369 e. The minimum atomic E-state index is -0.355. The minimum Gasteiger partial charge on any atom is -0.369 e. The zero-order chi connectivity index (χ0) is 14.0. The highest BCUT2D eigenvalue weighted by Gasteiger charge is 2.27. The first kappa shape index (κ1) is 14.2. The number of nitrogens with two attached hydrogens (primary N) is 1. The van der Waals surface area contributed by atoms with E-state index in [2.05, 4.69) is 0 Å². The van der Waals surface area contributed by atoms with Crippen molar-refractivity contribution in [3.05, 3.63) is 33.8 Å². The lowest BCUT2D eigenvalue weighted by atomic mass is 9.97. The van der Waals surface area contributed by atoms with Crippen molar-refractivity contribution < 1.29 is 9.59 Å². The molecule has 2 amide bonds. The van der Waals surface area contributed by atoms with Gasteiger partial charge in [0, 0.05) is 18.7 Å². The summed E-state index contributed by atoms with van der Waals surface area (Å²) in [7, 11) is 0. The first-order valence-electron chi connectivity index (χ1n) is 6.02. The van der Waals surface area contributed by atoms with E-state index < -0.39 is 0 Å². The number of primary amides is 1. The van der Waals surface area contributed by atoms with Gasteiger partial charge in [-0.3, -0.25) is 9.59 Å². The van der Waals surface area contributed by atoms with Gasteiger partial charge >= 0.3 is 0 Å². The quantitative estimate of drug-likeness (QED) is 0.911. The number of piperidine rings is 1. The smallest absolute Gasteiger partial charge is 0.253 e. The summed E-state index contributed by atoms with van der Waals surface area (Å²) < 4.78 is 0. The van der Waals surface area contributed by atoms with Gasteiger partial charge in [-0.2, -0.15) is 0 Å². The summed E-state index contributed by atoms with van der Waals surface area (Å²) in [5.74, 6) is -0.767. The lowest BCUT2D eigenvalue weighted by Gasteiger charge is -2.31. The van der Waals surface area contributed by atoms with Gasteiger partial charge < -0.3 is 10.6 Å². The molecule has 0 radical (unpaired) electrons. The Labute approximate surface area is 121 Å². The predicted molar refractivity (Wildman–Crippen MR) is 74.3 cm³/mol. The summed E-state index contributed by atoms with van der Waals surface area (Å²) >= 11 is 11.7. The highest BCUT2D eigenvalue weighted by atomic mass is 35.5. The van der Waals surface area contributed by atoms with Crippen molar-refractivity contribution >= 4 is 35.0 Å². The summed E-state index contributed by atoms with van der Waals surface area (Å²) in [6, 6.07) is 4.76. The van der Waals surface area contributed by atoms with Crippen molar-refractivity contribution in [1.29, 1.82) is 0 Å². The van der Waals surface area contributed by atoms with Gasteiger partial charge in [-0.05, 0) is 31.0 Å². The molecule has 19 heavy (non-hydrogen) atoms. The van der Waals surface area contributed by atoms with E-state index in [0.29, 0.717) is 28.7 Å². The molecule has 0 spiro atoms. The number of carbonyl (C=O) groups is 2. The van der Waals surface area contributed by atoms with Crippen molar-refractivity contribution in [3.8, 4) is 0 Å². The molecule has 0 aliphatic carbocycles. The zero-order valence-electron chi connectivity index (χ0n) is 10.2. The molecule has 1 heterocycles. The summed E-state index contributed by atoms with van der Waals surface area (Å²) in [6.07, 6.45) is 1.52. The third-order valence-corrected chi connectivity index (χ3v) is 4.02. The number of nitrogens with zero attached hydrogens (tertiary/aromatic N) is 1. The maximum absolute atomic E-state index is 12.3. The van der Waals surface area contributed by atoms with Crippen molar-refractivity contribution in [3.63, 3.8) is 0 Å². The van der Waals surface area contributed by atoms with Crippen molar-refractivity contribution in [2.45, 2.75) is 12.8 Å². The standard InChI is InChI=1S/C13H14Cl2N2O2/c14-10-4-3-8(6-11(10)15)13(19)17-5-1-2-9(7-17)12(16)18/h3-4,6,9H,1-2,5,7H2,(H2,16,18). The third kappa shape index (κ3) is 3.19. The molecule has 1 aromatic rings. The highest BCUT2D eigenvalue weighted by molar-refractivity contribution is 6.42. The SMILES string of the molecule is NC(=O)C1CCCN(C(=O)c2ccc(Cl)c(Cl)c2)C1. The third-order valence-electron chi connectivity index (χ3n) is 3.28. The van der Waals surface area contributed by atoms with E-state index in [9.17, 15) is 9.59 Å². The van der Waals surface area contributed by atoms with Crippen LogP contribution in [-0.2, 0) is 4.79 Å². The van der Waals surface area contributed by atoms with Crippen LogP contribution in [0.4, 0.5) is 0 Å². The molecule has 0 bridgehead atoms. The Hall–Kier alpha value is -1.26. The second-order valence-electron chi connectivity index (χ2n) is 4.62. The number of hydrogen-bond acceptors (Lipinski definition) is 2. The van der Waals surface area contributed by atoms with Crippen molar-refractivity contribution in [2.75, 3.05) is 13.1 Å². The van der Waals surface area contributed by atoms with Gasteiger partial charge in [-0.25, -0.2) is 0 Å². The Kier molecular flexibility index (Phi) is 4.32. The normalized spacial score (nSPS) is 19.3. The van der Waals surface area contributed by atoms with Gasteiger partial charge in [0.2, 0.25) is 5.91 Å². The van der Waals surface area contributed by atoms with Crippen LogP contribution in [0.25, 0.3) is 0 Å². The molecule has 2 N–H and O–H groups in total. The number of hydrogen-bond donors (Lipinski definition) is 1. The molecule has 6 heteroatoms. The Morgan fingerprint density at radius 1 is 1.26 bits per heavy atom. The number of benzene rings is 1. The van der Waals surface area contributed by atoms with Crippen LogP contribution >= 0.6 is 23.2 Å². The van der Waals surface area contributed by atoms with Crippen molar-refractivity contribution in [2.24, 2.45) is 11.7 Å². The fourth-order valence-electron chi connectivity index (χ4n) is 2.21. The molecule has 1 unspecified atom stereocenters. The topological polar surface area (TPSA) is 63.4 Å². The lowest BCUT2D eigenvalue weighted by Crippen LogP contribution is -2.44. The molecule has 2 rings (SSSR count). The van der Waals surface area contributed by atoms with Gasteiger partial charge in [0.05, 0.1) is 16.0 Å². The second-order valence-corrected chi connectivity index (χ2v) is 5.44. The molecule has 1 aromatic carbocycles. The Balaban J connectivity index is 2.14. The van der Waals surface area contributed by atoms with E-state index in [1.807, 2.05) is 0 Å². The molecule has 1 aliphatic heterocycles. The maximum Gasteiger partial charge on any atom is 0.253 e. The molecule has 4 nitrogen and oxygen atoms in total. The van der Waals surface area contributed by atoms with E-state index in [4.69, 9.17) is 28.9 Å². The highest BCUT2D eigenvalue weighted by Crippen LogP contribution is 2.24. The zero-order valence-corrected chi connectivity index (χ0v) is 11.7. The van der Waals surface area contributed by atoms with Crippen LogP contribution in [0.5, 0.6) is 0 Å². The average molecular weight is 301 g/mol. The fourth-order valence-corrected chi connectivity index (χ4v) is 2.50. The average Bonchev–Trinajstić information content (AvgIpc) is 2.41. The summed E-state index contributed by atoms with van der Waals surface area (Å²) in [5.41, 5.74) is 5.77. The molecule has 1 atom stereocenters. The van der Waals surface area contributed by atoms with Gasteiger partial charge in [0.1, 0.15) is 0 Å². The summed E-state index contributed by atoms with van der Waals surface area (Å²) in [5, 5.41) is 0.753. The fraction of sp³-hybridized carbons (Fsp3) is 0.385. The predicted octanol–water partition coefficient (Wildman–Crippen LogP) is 2.33. The van der Waals surface area contributed by atoms with E-state index in [-0.39, 0.29) is 17.7 Å². The molecule has 1 aliphatic rings. The lowest BCUT2D eigenvalue weighted by molar-refractivity contribution is -0.123. The van der Waals surface area contributed by atoms with Crippen LogP contribution in [0.15, 0.2) is 18.2 Å². The van der Waals surface area contributed by atoms with Crippen LogP contribution in [0.3, 0.4) is 0 Å². The van der Waals surface area contributed by atoms with Crippen LogP contribution in [-0.4, -0.2) is 29.8 Å². The van der Waals surface area contributed by atoms with Gasteiger partial charge in [0.25, 0.3) is 5.91 Å². The number of likely N-dealkylation sites (tertiary alicyclic amines) is 1. The van der Waals surface area contributed by atoms with Crippen LogP contribution < -0.4 is 5.73 Å². The Morgan fingerprint density at radius 2 is 2.00 bits per heavy atom. The first-order chi connectivity index (χ1) is 8.99. The monoisotopic (exact) mass is 300 g/mol. The number of amides is 2. The Bertz CT molecular complexity index is 519. The number of halogens is 2. The molecule has 1 saturated heterocycles. The van der Waals surface area contributed by atoms with E-state index in [1.54, 1.807) is 23.1 Å². The molecular weight excluding hydrogens is 287 g/mol. The van der Waals surface area contributed by atoms with E-state index in [0.717, 1.165) is 12.8 Å². The van der Waals surface area contributed by atoms with Gasteiger partial charge in [-0.15, -0.1) is 0 Å². The molecular formula is C13H14Cl2N2O2. The number of carbonyl (C=O) groups excluding carboxylic acids is 2. The van der Waals surface area contributed by atoms with Gasteiger partial charge in [0.15, 0.2) is 0 Å². The molecule has 102 valence electrons. The van der Waals surface area contributed by atoms with E-state index in [1.165, 1.54) is 0 Å². The molecule has 0 aromatic heterocycles. The van der Waals surface area contributed by atoms with E-state index >= 15 is 0 Å². The summed E-state index contributed by atoms with van der Waals surface area (Å²) in [4.78, 5) is 25.1. The Morgan fingerprint density at radius 3 is 2.63 bits per heavy atom. The van der Waals surface area contributed by atoms with Crippen LogP contribution in [0.1, 0.15) is 23.2 Å². The molecule has 0 saturated carbocycles. The second kappa shape index (κ2) is 5.80. The number of rotatable bonds is 2. The minimum absolute atomic E-state index is 0.149. The summed E-state index contributed by atoms with van der Waals surface area (Å²) in [6.45, 7) is 0.997. The van der Waals surface area contributed by atoms with Gasteiger partial charge in [-0.1, -0.05) is 23.2 Å².